The highest BCUT2D eigenvalue weighted by Gasteiger charge is 1.92. The second kappa shape index (κ2) is 8.44. The summed E-state index contributed by atoms with van der Waals surface area (Å²) in [7, 11) is 0. The van der Waals surface area contributed by atoms with E-state index >= 15 is 0 Å². The Bertz CT molecular complexity index is 777. The summed E-state index contributed by atoms with van der Waals surface area (Å²) in [5.74, 6) is 0. The summed E-state index contributed by atoms with van der Waals surface area (Å²) in [6.07, 6.45) is 8.23. The van der Waals surface area contributed by atoms with Crippen LogP contribution in [0.3, 0.4) is 0 Å². The molecule has 0 N–H and O–H groups in total. The molecule has 24 heavy (non-hydrogen) atoms. The number of hydrogen-bond acceptors (Lipinski definition) is 1. The van der Waals surface area contributed by atoms with Gasteiger partial charge in [-0.3, -0.25) is 4.99 Å². The van der Waals surface area contributed by atoms with Gasteiger partial charge in [-0.1, -0.05) is 91.0 Å². The van der Waals surface area contributed by atoms with Crippen molar-refractivity contribution in [2.75, 3.05) is 0 Å². The van der Waals surface area contributed by atoms with Crippen LogP contribution in [0.25, 0.3) is 12.2 Å². The smallest absolute Gasteiger partial charge is 0.0629 e. The summed E-state index contributed by atoms with van der Waals surface area (Å²) in [6.45, 7) is 0. The third-order valence-corrected chi connectivity index (χ3v) is 3.52. The van der Waals surface area contributed by atoms with Gasteiger partial charge in [-0.05, 0) is 34.9 Å². The molecule has 0 aliphatic rings. The quantitative estimate of drug-likeness (QED) is 0.394. The molecule has 0 amide bonds. The Morgan fingerprint density at radius 3 is 1.79 bits per heavy atom. The van der Waals surface area contributed by atoms with Crippen molar-refractivity contribution in [2.24, 2.45) is 4.99 Å². The molecule has 0 aliphatic heterocycles. The molecule has 0 saturated heterocycles. The van der Waals surface area contributed by atoms with Crippen LogP contribution in [-0.4, -0.2) is 6.21 Å². The first kappa shape index (κ1) is 15.7. The molecular formula is C23H19N. The van der Waals surface area contributed by atoms with E-state index in [-0.39, 0.29) is 0 Å². The number of aliphatic imine (C=N–C) groups is 1. The number of hydrogen-bond donors (Lipinski definition) is 0. The second-order valence-electron chi connectivity index (χ2n) is 5.39. The average molecular weight is 309 g/mol. The Kier molecular flexibility index (Phi) is 5.52. The maximum absolute atomic E-state index is 4.57. The Morgan fingerprint density at radius 2 is 1.17 bits per heavy atom. The van der Waals surface area contributed by atoms with Crippen LogP contribution in [0.1, 0.15) is 11.1 Å². The van der Waals surface area contributed by atoms with Crippen LogP contribution in [0.15, 0.2) is 108 Å². The van der Waals surface area contributed by atoms with Crippen molar-refractivity contribution in [1.82, 2.24) is 0 Å². The van der Waals surface area contributed by atoms with E-state index in [1.165, 1.54) is 5.56 Å². The van der Waals surface area contributed by atoms with Crippen LogP contribution in [0.2, 0.25) is 0 Å². The minimum Gasteiger partial charge on any atom is -0.256 e. The lowest BCUT2D eigenvalue weighted by atomic mass is 10.1. The molecule has 0 bridgehead atoms. The molecule has 0 spiro atoms. The highest BCUT2D eigenvalue weighted by atomic mass is 14.7. The Hall–Kier alpha value is -3.19. The molecule has 1 heteroatoms. The van der Waals surface area contributed by atoms with Gasteiger partial charge in [0, 0.05) is 6.21 Å². The number of allylic oxidation sites excluding steroid dienone is 2. The van der Waals surface area contributed by atoms with E-state index in [1.54, 1.807) is 0 Å². The maximum Gasteiger partial charge on any atom is 0.0629 e. The van der Waals surface area contributed by atoms with Crippen LogP contribution in [0.5, 0.6) is 0 Å². The highest BCUT2D eigenvalue weighted by Crippen LogP contribution is 2.13. The summed E-state index contributed by atoms with van der Waals surface area (Å²) in [5, 5.41) is 0. The maximum atomic E-state index is 4.57. The Balaban J connectivity index is 1.87. The van der Waals surface area contributed by atoms with Crippen molar-refractivity contribution in [3.8, 4) is 0 Å². The molecule has 0 aromatic heterocycles. The molecule has 116 valence electrons. The van der Waals surface area contributed by atoms with Gasteiger partial charge in [0.2, 0.25) is 0 Å². The van der Waals surface area contributed by atoms with Gasteiger partial charge in [0.15, 0.2) is 0 Å². The molecule has 0 heterocycles. The fourth-order valence-electron chi connectivity index (χ4n) is 2.29. The summed E-state index contributed by atoms with van der Waals surface area (Å²) < 4.78 is 0. The van der Waals surface area contributed by atoms with Gasteiger partial charge in [0.1, 0.15) is 0 Å². The highest BCUT2D eigenvalue weighted by molar-refractivity contribution is 5.92. The summed E-state index contributed by atoms with van der Waals surface area (Å²) >= 11 is 0. The van der Waals surface area contributed by atoms with E-state index in [0.717, 1.165) is 16.8 Å². The van der Waals surface area contributed by atoms with Crippen molar-refractivity contribution in [2.45, 2.75) is 0 Å². The van der Waals surface area contributed by atoms with E-state index in [4.69, 9.17) is 0 Å². The second-order valence-corrected chi connectivity index (χ2v) is 5.39. The van der Waals surface area contributed by atoms with Crippen LogP contribution in [0, 0.1) is 0 Å². The SMILES string of the molecule is C(=Nc1ccccc1)C(/C=C/c1ccccc1)=C/c1ccccc1. The molecular weight excluding hydrogens is 290 g/mol. The first-order valence-corrected chi connectivity index (χ1v) is 7.99. The van der Waals surface area contributed by atoms with E-state index < -0.39 is 0 Å². The first-order chi connectivity index (χ1) is 11.9. The monoisotopic (exact) mass is 309 g/mol. The normalized spacial score (nSPS) is 12.1. The van der Waals surface area contributed by atoms with Gasteiger partial charge in [0.05, 0.1) is 5.69 Å². The summed E-state index contributed by atoms with van der Waals surface area (Å²) in [5.41, 5.74) is 4.33. The largest absolute Gasteiger partial charge is 0.256 e. The predicted molar refractivity (Wildman–Crippen MR) is 104 cm³/mol. The molecule has 0 atom stereocenters. The molecule has 0 radical (unpaired) electrons. The molecule has 0 aliphatic carbocycles. The van der Waals surface area contributed by atoms with Crippen LogP contribution in [-0.2, 0) is 0 Å². The molecule has 0 saturated carbocycles. The van der Waals surface area contributed by atoms with Crippen molar-refractivity contribution in [3.63, 3.8) is 0 Å². The predicted octanol–water partition coefficient (Wildman–Crippen LogP) is 6.19. The first-order valence-electron chi connectivity index (χ1n) is 7.99. The number of benzene rings is 3. The van der Waals surface area contributed by atoms with Gasteiger partial charge < -0.3 is 0 Å². The topological polar surface area (TPSA) is 12.4 Å². The minimum atomic E-state index is 0.949. The van der Waals surface area contributed by atoms with Crippen LogP contribution < -0.4 is 0 Å². The lowest BCUT2D eigenvalue weighted by molar-refractivity contribution is 1.53. The zero-order chi connectivity index (χ0) is 16.5. The van der Waals surface area contributed by atoms with Crippen LogP contribution >= 0.6 is 0 Å². The Morgan fingerprint density at radius 1 is 0.625 bits per heavy atom. The number of para-hydroxylation sites is 1. The zero-order valence-electron chi connectivity index (χ0n) is 13.4. The van der Waals surface area contributed by atoms with E-state index in [1.807, 2.05) is 72.9 Å². The van der Waals surface area contributed by atoms with Crippen molar-refractivity contribution in [1.29, 1.82) is 0 Å². The Labute approximate surface area is 143 Å². The van der Waals surface area contributed by atoms with E-state index in [9.17, 15) is 0 Å². The summed E-state index contributed by atoms with van der Waals surface area (Å²) in [6, 6.07) is 30.5. The fraction of sp³-hybridized carbons (Fsp3) is 0. The molecule has 0 fully saturated rings. The van der Waals surface area contributed by atoms with Crippen molar-refractivity contribution in [3.05, 3.63) is 114 Å². The van der Waals surface area contributed by atoms with Gasteiger partial charge >= 0.3 is 0 Å². The standard InChI is InChI=1S/C23H19N/c1-4-10-20(11-5-1)16-17-22(18-21-12-6-2-7-13-21)19-24-23-14-8-3-9-15-23/h1-19H/b17-16+,22-18+,24-19?. The van der Waals surface area contributed by atoms with Crippen molar-refractivity contribution >= 4 is 24.1 Å². The molecule has 0 unspecified atom stereocenters. The van der Waals surface area contributed by atoms with E-state index in [2.05, 4.69) is 47.5 Å². The van der Waals surface area contributed by atoms with E-state index in [0.29, 0.717) is 0 Å². The molecule has 3 aromatic rings. The third kappa shape index (κ3) is 4.92. The molecule has 3 aromatic carbocycles. The van der Waals surface area contributed by atoms with Gasteiger partial charge in [-0.2, -0.15) is 0 Å². The van der Waals surface area contributed by atoms with Gasteiger partial charge in [0.25, 0.3) is 0 Å². The third-order valence-electron chi connectivity index (χ3n) is 3.52. The van der Waals surface area contributed by atoms with Gasteiger partial charge in [-0.15, -0.1) is 0 Å². The lowest BCUT2D eigenvalue weighted by Gasteiger charge is -1.98. The fourth-order valence-corrected chi connectivity index (χ4v) is 2.29. The van der Waals surface area contributed by atoms with Gasteiger partial charge in [-0.25, -0.2) is 0 Å². The number of rotatable bonds is 5. The molecule has 1 nitrogen and oxygen atoms in total. The minimum absolute atomic E-state index is 0.949. The molecule has 3 rings (SSSR count). The van der Waals surface area contributed by atoms with Crippen LogP contribution in [0.4, 0.5) is 5.69 Å². The zero-order valence-corrected chi connectivity index (χ0v) is 13.4. The number of nitrogens with zero attached hydrogens (tertiary/aromatic N) is 1. The summed E-state index contributed by atoms with van der Waals surface area (Å²) in [4.78, 5) is 4.57. The average Bonchev–Trinajstić information content (AvgIpc) is 2.66. The van der Waals surface area contributed by atoms with Crippen molar-refractivity contribution < 1.29 is 0 Å². The lowest BCUT2D eigenvalue weighted by Crippen LogP contribution is -1.82.